The molecule has 0 saturated heterocycles. The van der Waals surface area contributed by atoms with Gasteiger partial charge in [0.2, 0.25) is 0 Å². The summed E-state index contributed by atoms with van der Waals surface area (Å²) in [4.78, 5) is 12.1. The molecule has 0 aliphatic carbocycles. The maximum atomic E-state index is 10.6. The summed E-state index contributed by atoms with van der Waals surface area (Å²) in [5.74, 6) is 2.56. The standard InChI is InChI=1S/C12H15N3O2/c1-3-7-14(8-4-2)10-5-6-12(15(16)17)11(13)9-10/h1,5-6,9H,4,7-8,13H2,2H3. The van der Waals surface area contributed by atoms with Crippen LogP contribution in [0.4, 0.5) is 17.1 Å². The van der Waals surface area contributed by atoms with Gasteiger partial charge in [0.25, 0.3) is 5.69 Å². The molecule has 0 spiro atoms. The minimum atomic E-state index is -0.496. The van der Waals surface area contributed by atoms with Gasteiger partial charge in [0.05, 0.1) is 11.5 Å². The van der Waals surface area contributed by atoms with Crippen molar-refractivity contribution in [1.29, 1.82) is 0 Å². The molecule has 0 atom stereocenters. The highest BCUT2D eigenvalue weighted by Crippen LogP contribution is 2.26. The van der Waals surface area contributed by atoms with Crippen LogP contribution in [0.15, 0.2) is 18.2 Å². The molecule has 0 radical (unpaired) electrons. The fraction of sp³-hybridized carbons (Fsp3) is 0.333. The number of nitro benzene ring substituents is 1. The quantitative estimate of drug-likeness (QED) is 0.365. The van der Waals surface area contributed by atoms with E-state index in [-0.39, 0.29) is 11.4 Å². The third-order valence-corrected chi connectivity index (χ3v) is 2.35. The van der Waals surface area contributed by atoms with Crippen molar-refractivity contribution in [3.8, 4) is 12.3 Å². The number of nitrogens with two attached hydrogens (primary N) is 1. The van der Waals surface area contributed by atoms with E-state index >= 15 is 0 Å². The molecule has 0 aliphatic rings. The molecule has 0 aromatic heterocycles. The van der Waals surface area contributed by atoms with Gasteiger partial charge in [0, 0.05) is 18.3 Å². The summed E-state index contributed by atoms with van der Waals surface area (Å²) in [5.41, 5.74) is 6.53. The molecule has 0 unspecified atom stereocenters. The predicted molar refractivity (Wildman–Crippen MR) is 68.8 cm³/mol. The van der Waals surface area contributed by atoms with Crippen molar-refractivity contribution in [3.05, 3.63) is 28.3 Å². The largest absolute Gasteiger partial charge is 0.393 e. The van der Waals surface area contributed by atoms with Gasteiger partial charge in [-0.25, -0.2) is 0 Å². The van der Waals surface area contributed by atoms with Crippen LogP contribution in [-0.4, -0.2) is 18.0 Å². The van der Waals surface area contributed by atoms with Crippen LogP contribution in [0.2, 0.25) is 0 Å². The first kappa shape index (κ1) is 12.8. The summed E-state index contributed by atoms with van der Waals surface area (Å²) in [6.07, 6.45) is 6.23. The molecule has 17 heavy (non-hydrogen) atoms. The Morgan fingerprint density at radius 2 is 2.29 bits per heavy atom. The maximum Gasteiger partial charge on any atom is 0.292 e. The third-order valence-electron chi connectivity index (χ3n) is 2.35. The number of nitrogen functional groups attached to an aromatic ring is 1. The second-order valence-corrected chi connectivity index (χ2v) is 3.63. The van der Waals surface area contributed by atoms with Gasteiger partial charge in [-0.2, -0.15) is 0 Å². The van der Waals surface area contributed by atoms with Gasteiger partial charge in [-0.3, -0.25) is 10.1 Å². The molecular weight excluding hydrogens is 218 g/mol. The lowest BCUT2D eigenvalue weighted by Gasteiger charge is -2.21. The molecule has 0 bridgehead atoms. The first-order chi connectivity index (χ1) is 8.10. The van der Waals surface area contributed by atoms with E-state index in [1.54, 1.807) is 12.1 Å². The van der Waals surface area contributed by atoms with Gasteiger partial charge in [0.1, 0.15) is 5.69 Å². The Kier molecular flexibility index (Phi) is 4.35. The van der Waals surface area contributed by atoms with E-state index in [1.165, 1.54) is 6.07 Å². The Morgan fingerprint density at radius 3 is 2.76 bits per heavy atom. The molecular formula is C12H15N3O2. The van der Waals surface area contributed by atoms with E-state index in [1.807, 2.05) is 11.8 Å². The molecule has 5 heteroatoms. The van der Waals surface area contributed by atoms with E-state index in [4.69, 9.17) is 12.2 Å². The van der Waals surface area contributed by atoms with Crippen molar-refractivity contribution in [1.82, 2.24) is 0 Å². The summed E-state index contributed by atoms with van der Waals surface area (Å²) in [6.45, 7) is 3.30. The highest BCUT2D eigenvalue weighted by Gasteiger charge is 2.13. The van der Waals surface area contributed by atoms with Crippen LogP contribution in [0.3, 0.4) is 0 Å². The third kappa shape index (κ3) is 3.11. The fourth-order valence-electron chi connectivity index (χ4n) is 1.58. The predicted octanol–water partition coefficient (Wildman–Crippen LogP) is 2.03. The number of benzene rings is 1. The van der Waals surface area contributed by atoms with Crippen molar-refractivity contribution in [3.63, 3.8) is 0 Å². The average Bonchev–Trinajstić information content (AvgIpc) is 2.28. The summed E-state index contributed by atoms with van der Waals surface area (Å²) in [7, 11) is 0. The molecule has 2 N–H and O–H groups in total. The fourth-order valence-corrected chi connectivity index (χ4v) is 1.58. The van der Waals surface area contributed by atoms with Crippen molar-refractivity contribution in [2.45, 2.75) is 13.3 Å². The van der Waals surface area contributed by atoms with Gasteiger partial charge in [-0.05, 0) is 18.6 Å². The Labute approximate surface area is 100 Å². The average molecular weight is 233 g/mol. The number of hydrogen-bond acceptors (Lipinski definition) is 4. The molecule has 0 aliphatic heterocycles. The summed E-state index contributed by atoms with van der Waals surface area (Å²) >= 11 is 0. The van der Waals surface area contributed by atoms with Crippen molar-refractivity contribution < 1.29 is 4.92 Å². The van der Waals surface area contributed by atoms with Crippen LogP contribution in [-0.2, 0) is 0 Å². The van der Waals surface area contributed by atoms with Crippen LogP contribution in [0.1, 0.15) is 13.3 Å². The first-order valence-corrected chi connectivity index (χ1v) is 5.32. The van der Waals surface area contributed by atoms with Gasteiger partial charge in [-0.1, -0.05) is 12.8 Å². The Hall–Kier alpha value is -2.22. The topological polar surface area (TPSA) is 72.4 Å². The van der Waals surface area contributed by atoms with Crippen LogP contribution >= 0.6 is 0 Å². The molecule has 90 valence electrons. The monoisotopic (exact) mass is 233 g/mol. The van der Waals surface area contributed by atoms with E-state index in [2.05, 4.69) is 5.92 Å². The number of hydrogen-bond donors (Lipinski definition) is 1. The zero-order chi connectivity index (χ0) is 12.8. The number of rotatable bonds is 5. The van der Waals surface area contributed by atoms with Gasteiger partial charge >= 0.3 is 0 Å². The Morgan fingerprint density at radius 1 is 1.59 bits per heavy atom. The van der Waals surface area contributed by atoms with Crippen LogP contribution in [0, 0.1) is 22.5 Å². The van der Waals surface area contributed by atoms with Crippen molar-refractivity contribution in [2.24, 2.45) is 0 Å². The molecule has 0 fully saturated rings. The lowest BCUT2D eigenvalue weighted by Crippen LogP contribution is -2.24. The smallest absolute Gasteiger partial charge is 0.292 e. The number of nitro groups is 1. The summed E-state index contributed by atoms with van der Waals surface area (Å²) in [6, 6.07) is 4.66. The second-order valence-electron chi connectivity index (χ2n) is 3.63. The normalized spacial score (nSPS) is 9.65. The molecule has 0 saturated carbocycles. The van der Waals surface area contributed by atoms with Crippen LogP contribution in [0.25, 0.3) is 0 Å². The van der Waals surface area contributed by atoms with Gasteiger partial charge in [-0.15, -0.1) is 6.42 Å². The molecule has 0 amide bonds. The Balaban J connectivity index is 3.02. The maximum absolute atomic E-state index is 10.6. The molecule has 1 aromatic rings. The summed E-state index contributed by atoms with van der Waals surface area (Å²) < 4.78 is 0. The minimum absolute atomic E-state index is 0.0779. The van der Waals surface area contributed by atoms with E-state index in [0.29, 0.717) is 6.54 Å². The second kappa shape index (κ2) is 5.75. The molecule has 1 aromatic carbocycles. The highest BCUT2D eigenvalue weighted by atomic mass is 16.6. The van der Waals surface area contributed by atoms with Crippen LogP contribution < -0.4 is 10.6 Å². The molecule has 5 nitrogen and oxygen atoms in total. The summed E-state index contributed by atoms with van der Waals surface area (Å²) in [5, 5.41) is 10.6. The Bertz CT molecular complexity index is 452. The van der Waals surface area contributed by atoms with E-state index in [0.717, 1.165) is 18.7 Å². The first-order valence-electron chi connectivity index (χ1n) is 5.32. The number of anilines is 2. The molecule has 1 rings (SSSR count). The highest BCUT2D eigenvalue weighted by molar-refractivity contribution is 5.66. The number of nitrogens with zero attached hydrogens (tertiary/aromatic N) is 2. The number of terminal acetylenes is 1. The minimum Gasteiger partial charge on any atom is -0.393 e. The molecule has 0 heterocycles. The lowest BCUT2D eigenvalue weighted by molar-refractivity contribution is -0.383. The zero-order valence-corrected chi connectivity index (χ0v) is 9.72. The lowest BCUT2D eigenvalue weighted by atomic mass is 10.2. The van der Waals surface area contributed by atoms with Gasteiger partial charge in [0.15, 0.2) is 0 Å². The SMILES string of the molecule is C#CCN(CCC)c1ccc([N+](=O)[O-])c(N)c1. The van der Waals surface area contributed by atoms with E-state index in [9.17, 15) is 10.1 Å². The van der Waals surface area contributed by atoms with Crippen molar-refractivity contribution >= 4 is 17.1 Å². The van der Waals surface area contributed by atoms with Gasteiger partial charge < -0.3 is 10.6 Å². The van der Waals surface area contributed by atoms with E-state index < -0.39 is 4.92 Å². The zero-order valence-electron chi connectivity index (χ0n) is 9.72. The van der Waals surface area contributed by atoms with Crippen LogP contribution in [0.5, 0.6) is 0 Å². The van der Waals surface area contributed by atoms with Crippen molar-refractivity contribution in [2.75, 3.05) is 23.7 Å².